The van der Waals surface area contributed by atoms with E-state index in [0.717, 1.165) is 17.8 Å². The molecule has 22 heavy (non-hydrogen) atoms. The van der Waals surface area contributed by atoms with E-state index in [0.29, 0.717) is 5.69 Å². The SMILES string of the molecule is Nc1cc(=O)[nH]c(SCC(=O)Nc2cccc(C(=O)O)c2)n1. The van der Waals surface area contributed by atoms with E-state index < -0.39 is 11.5 Å². The Kier molecular flexibility index (Phi) is 4.79. The van der Waals surface area contributed by atoms with E-state index in [-0.39, 0.29) is 28.2 Å². The van der Waals surface area contributed by atoms with Crippen molar-refractivity contribution < 1.29 is 14.7 Å². The number of carbonyl (C=O) groups is 2. The van der Waals surface area contributed by atoms with E-state index in [9.17, 15) is 14.4 Å². The van der Waals surface area contributed by atoms with E-state index in [4.69, 9.17) is 10.8 Å². The molecule has 8 nitrogen and oxygen atoms in total. The lowest BCUT2D eigenvalue weighted by atomic mass is 10.2. The van der Waals surface area contributed by atoms with Crippen LogP contribution in [0.5, 0.6) is 0 Å². The van der Waals surface area contributed by atoms with Crippen molar-refractivity contribution in [3.63, 3.8) is 0 Å². The molecule has 1 aromatic heterocycles. The highest BCUT2D eigenvalue weighted by molar-refractivity contribution is 7.99. The zero-order chi connectivity index (χ0) is 16.1. The van der Waals surface area contributed by atoms with Crippen molar-refractivity contribution in [1.29, 1.82) is 0 Å². The summed E-state index contributed by atoms with van der Waals surface area (Å²) >= 11 is 1.01. The molecule has 0 aliphatic heterocycles. The normalized spacial score (nSPS) is 10.2. The van der Waals surface area contributed by atoms with Crippen molar-refractivity contribution >= 4 is 35.1 Å². The minimum Gasteiger partial charge on any atom is -0.478 e. The topological polar surface area (TPSA) is 138 Å². The number of nitrogen functional groups attached to an aromatic ring is 1. The Morgan fingerprint density at radius 3 is 2.82 bits per heavy atom. The fourth-order valence-corrected chi connectivity index (χ4v) is 2.27. The monoisotopic (exact) mass is 320 g/mol. The number of hydrogen-bond donors (Lipinski definition) is 4. The van der Waals surface area contributed by atoms with Crippen LogP contribution in [0.4, 0.5) is 11.5 Å². The summed E-state index contributed by atoms with van der Waals surface area (Å²) in [4.78, 5) is 40.2. The fraction of sp³-hybridized carbons (Fsp3) is 0.0769. The molecule has 0 spiro atoms. The van der Waals surface area contributed by atoms with E-state index in [1.54, 1.807) is 6.07 Å². The number of aromatic nitrogens is 2. The molecule has 1 aromatic carbocycles. The molecule has 0 bridgehead atoms. The van der Waals surface area contributed by atoms with Crippen LogP contribution >= 0.6 is 11.8 Å². The highest BCUT2D eigenvalue weighted by atomic mass is 32.2. The standard InChI is InChI=1S/C13H12N4O4S/c14-9-5-10(18)17-13(16-9)22-6-11(19)15-8-3-1-2-7(4-8)12(20)21/h1-5H,6H2,(H,15,19)(H,20,21)(H3,14,16,17,18). The molecule has 1 heterocycles. The van der Waals surface area contributed by atoms with Gasteiger partial charge in [0.25, 0.3) is 5.56 Å². The zero-order valence-electron chi connectivity index (χ0n) is 11.2. The number of aromatic amines is 1. The summed E-state index contributed by atoms with van der Waals surface area (Å²) in [5.74, 6) is -1.38. The minimum absolute atomic E-state index is 0.0102. The molecule has 2 aromatic rings. The Balaban J connectivity index is 1.97. The summed E-state index contributed by atoms with van der Waals surface area (Å²) in [5, 5.41) is 11.7. The van der Waals surface area contributed by atoms with Crippen molar-refractivity contribution in [3.8, 4) is 0 Å². The van der Waals surface area contributed by atoms with Crippen LogP contribution in [0.25, 0.3) is 0 Å². The number of carboxylic acids is 1. The molecule has 0 radical (unpaired) electrons. The highest BCUT2D eigenvalue weighted by Gasteiger charge is 2.08. The highest BCUT2D eigenvalue weighted by Crippen LogP contribution is 2.14. The maximum Gasteiger partial charge on any atom is 0.335 e. The molecule has 1 amide bonds. The molecule has 0 aliphatic carbocycles. The number of aromatic carboxylic acids is 1. The molecule has 0 aliphatic rings. The molecule has 0 unspecified atom stereocenters. The molecule has 9 heteroatoms. The summed E-state index contributed by atoms with van der Waals surface area (Å²) in [5.41, 5.74) is 5.49. The van der Waals surface area contributed by atoms with Gasteiger partial charge in [0, 0.05) is 11.8 Å². The number of anilines is 2. The lowest BCUT2D eigenvalue weighted by Gasteiger charge is -2.06. The first-order valence-electron chi connectivity index (χ1n) is 6.07. The summed E-state index contributed by atoms with van der Waals surface area (Å²) < 4.78 is 0. The van der Waals surface area contributed by atoms with Crippen molar-refractivity contribution in [1.82, 2.24) is 9.97 Å². The van der Waals surface area contributed by atoms with E-state index in [2.05, 4.69) is 15.3 Å². The van der Waals surface area contributed by atoms with Crippen LogP contribution in [-0.4, -0.2) is 32.7 Å². The van der Waals surface area contributed by atoms with Gasteiger partial charge in [0.05, 0.1) is 11.3 Å². The molecule has 0 fully saturated rings. The van der Waals surface area contributed by atoms with Crippen molar-refractivity contribution in [2.24, 2.45) is 0 Å². The quantitative estimate of drug-likeness (QED) is 0.471. The largest absolute Gasteiger partial charge is 0.478 e. The lowest BCUT2D eigenvalue weighted by Crippen LogP contribution is -2.16. The van der Waals surface area contributed by atoms with Gasteiger partial charge in [-0.05, 0) is 18.2 Å². The summed E-state index contributed by atoms with van der Waals surface area (Å²) in [7, 11) is 0. The fourth-order valence-electron chi connectivity index (χ4n) is 1.58. The Hall–Kier alpha value is -2.81. The van der Waals surface area contributed by atoms with Gasteiger partial charge >= 0.3 is 5.97 Å². The van der Waals surface area contributed by atoms with E-state index >= 15 is 0 Å². The van der Waals surface area contributed by atoms with Gasteiger partial charge in [-0.1, -0.05) is 17.8 Å². The van der Waals surface area contributed by atoms with Crippen LogP contribution in [0.3, 0.4) is 0 Å². The predicted molar refractivity (Wildman–Crippen MR) is 82.0 cm³/mol. The van der Waals surface area contributed by atoms with Crippen molar-refractivity contribution in [2.75, 3.05) is 16.8 Å². The van der Waals surface area contributed by atoms with E-state index in [1.807, 2.05) is 0 Å². The van der Waals surface area contributed by atoms with Gasteiger partial charge in [0.15, 0.2) is 5.16 Å². The maximum absolute atomic E-state index is 11.8. The van der Waals surface area contributed by atoms with Crippen LogP contribution in [0.2, 0.25) is 0 Å². The number of hydrogen-bond acceptors (Lipinski definition) is 6. The third kappa shape index (κ3) is 4.35. The van der Waals surface area contributed by atoms with Gasteiger partial charge in [0.2, 0.25) is 5.91 Å². The number of rotatable bonds is 5. The third-order valence-corrected chi connectivity index (χ3v) is 3.35. The number of H-pyrrole nitrogens is 1. The van der Waals surface area contributed by atoms with E-state index in [1.165, 1.54) is 18.2 Å². The van der Waals surface area contributed by atoms with Gasteiger partial charge in [-0.25, -0.2) is 9.78 Å². The predicted octanol–water partition coefficient (Wildman–Crippen LogP) is 0.781. The number of nitrogens with zero attached hydrogens (tertiary/aromatic N) is 1. The van der Waals surface area contributed by atoms with Crippen molar-refractivity contribution in [2.45, 2.75) is 5.16 Å². The second kappa shape index (κ2) is 6.76. The lowest BCUT2D eigenvalue weighted by molar-refractivity contribution is -0.113. The summed E-state index contributed by atoms with van der Waals surface area (Å²) in [6.07, 6.45) is 0. The Morgan fingerprint density at radius 2 is 2.14 bits per heavy atom. The molecule has 0 saturated carbocycles. The molecule has 5 N–H and O–H groups in total. The average molecular weight is 320 g/mol. The van der Waals surface area contributed by atoms with Gasteiger partial charge in [0.1, 0.15) is 5.82 Å². The summed E-state index contributed by atoms with van der Waals surface area (Å²) in [6, 6.07) is 7.03. The first kappa shape index (κ1) is 15.6. The summed E-state index contributed by atoms with van der Waals surface area (Å²) in [6.45, 7) is 0. The smallest absolute Gasteiger partial charge is 0.335 e. The van der Waals surface area contributed by atoms with Gasteiger partial charge in [-0.2, -0.15) is 0 Å². The van der Waals surface area contributed by atoms with Gasteiger partial charge in [-0.3, -0.25) is 9.59 Å². The second-order valence-electron chi connectivity index (χ2n) is 4.20. The number of amides is 1. The molecule has 2 rings (SSSR count). The number of carboxylic acid groups (broad SMARTS) is 1. The van der Waals surface area contributed by atoms with Crippen LogP contribution < -0.4 is 16.6 Å². The van der Waals surface area contributed by atoms with Gasteiger partial charge < -0.3 is 21.1 Å². The Bertz CT molecular complexity index is 775. The Labute approximate surface area is 128 Å². The van der Waals surface area contributed by atoms with Crippen LogP contribution in [0.15, 0.2) is 40.3 Å². The first-order valence-corrected chi connectivity index (χ1v) is 7.05. The maximum atomic E-state index is 11.8. The van der Waals surface area contributed by atoms with Crippen LogP contribution in [0, 0.1) is 0 Å². The Morgan fingerprint density at radius 1 is 1.36 bits per heavy atom. The van der Waals surface area contributed by atoms with Crippen molar-refractivity contribution in [3.05, 3.63) is 46.2 Å². The minimum atomic E-state index is -1.08. The molecule has 0 saturated heterocycles. The number of benzene rings is 1. The number of nitrogens with two attached hydrogens (primary N) is 1. The first-order chi connectivity index (χ1) is 10.4. The third-order valence-electron chi connectivity index (χ3n) is 2.47. The second-order valence-corrected chi connectivity index (χ2v) is 5.16. The molecule has 114 valence electrons. The zero-order valence-corrected chi connectivity index (χ0v) is 12.0. The average Bonchev–Trinajstić information content (AvgIpc) is 2.44. The molecule has 0 atom stereocenters. The van der Waals surface area contributed by atoms with Crippen LogP contribution in [0.1, 0.15) is 10.4 Å². The number of carbonyl (C=O) groups excluding carboxylic acids is 1. The number of nitrogens with one attached hydrogen (secondary N) is 2. The number of thioether (sulfide) groups is 1. The molecular weight excluding hydrogens is 308 g/mol. The molecular formula is C13H12N4O4S. The van der Waals surface area contributed by atoms with Gasteiger partial charge in [-0.15, -0.1) is 0 Å². The van der Waals surface area contributed by atoms with Crippen LogP contribution in [-0.2, 0) is 4.79 Å².